The first kappa shape index (κ1) is 17.1. The zero-order valence-electron chi connectivity index (χ0n) is 12.0. The van der Waals surface area contributed by atoms with Crippen molar-refractivity contribution in [3.8, 4) is 0 Å². The van der Waals surface area contributed by atoms with Gasteiger partial charge >= 0.3 is 5.97 Å². The van der Waals surface area contributed by atoms with Crippen LogP contribution in [0.25, 0.3) is 0 Å². The molecule has 126 valence electrons. The molecule has 1 aliphatic heterocycles. The van der Waals surface area contributed by atoms with Gasteiger partial charge < -0.3 is 30.5 Å². The number of nitrogens with zero attached hydrogens (tertiary/aromatic N) is 1. The average Bonchev–Trinajstić information content (AvgIpc) is 2.50. The summed E-state index contributed by atoms with van der Waals surface area (Å²) in [6.45, 7) is 1.48. The minimum Gasteiger partial charge on any atom is -0.478 e. The van der Waals surface area contributed by atoms with Gasteiger partial charge in [0.05, 0.1) is 16.6 Å². The monoisotopic (exact) mass is 328 g/mol. The molecule has 5 N–H and O–H groups in total. The Kier molecular flexibility index (Phi) is 4.80. The van der Waals surface area contributed by atoms with Crippen LogP contribution < -0.4 is 5.32 Å². The second kappa shape index (κ2) is 6.46. The number of aliphatic hydroxyl groups is 3. The van der Waals surface area contributed by atoms with Crippen LogP contribution in [-0.2, 0) is 4.74 Å². The number of carboxylic acids is 1. The molecule has 0 saturated carbocycles. The highest BCUT2D eigenvalue weighted by atomic mass is 16.6. The molecular formula is C13H16N2O8. The second-order valence-electron chi connectivity index (χ2n) is 5.21. The van der Waals surface area contributed by atoms with Crippen LogP contribution in [0.3, 0.4) is 0 Å². The number of hydrogen-bond donors (Lipinski definition) is 5. The molecule has 1 aromatic carbocycles. The number of benzene rings is 1. The van der Waals surface area contributed by atoms with E-state index >= 15 is 0 Å². The summed E-state index contributed by atoms with van der Waals surface area (Å²) in [6.07, 6.45) is -6.25. The summed E-state index contributed by atoms with van der Waals surface area (Å²) in [5.41, 5.74) is -0.747. The third-order valence-corrected chi connectivity index (χ3v) is 3.54. The Balaban J connectivity index is 2.28. The smallest absolute Gasteiger partial charge is 0.336 e. The maximum atomic E-state index is 11.0. The van der Waals surface area contributed by atoms with Crippen molar-refractivity contribution in [1.29, 1.82) is 0 Å². The Morgan fingerprint density at radius 2 is 1.87 bits per heavy atom. The highest BCUT2D eigenvalue weighted by molar-refractivity contribution is 5.90. The molecule has 1 saturated heterocycles. The molecule has 10 heteroatoms. The summed E-state index contributed by atoms with van der Waals surface area (Å²) < 4.78 is 5.30. The van der Waals surface area contributed by atoms with E-state index in [1.807, 2.05) is 0 Å². The van der Waals surface area contributed by atoms with Crippen LogP contribution in [0.15, 0.2) is 18.2 Å². The molecule has 0 aliphatic carbocycles. The molecule has 1 heterocycles. The molecule has 2 rings (SSSR count). The molecule has 0 unspecified atom stereocenters. The first-order chi connectivity index (χ1) is 10.7. The zero-order chi connectivity index (χ0) is 17.3. The Bertz CT molecular complexity index is 590. The minimum atomic E-state index is -1.51. The van der Waals surface area contributed by atoms with Gasteiger partial charge in [0.25, 0.3) is 5.69 Å². The largest absolute Gasteiger partial charge is 0.478 e. The highest BCUT2D eigenvalue weighted by Crippen LogP contribution is 2.26. The summed E-state index contributed by atoms with van der Waals surface area (Å²) in [4.78, 5) is 21.1. The zero-order valence-corrected chi connectivity index (χ0v) is 12.0. The van der Waals surface area contributed by atoms with Crippen molar-refractivity contribution in [3.63, 3.8) is 0 Å². The number of aliphatic hydroxyl groups excluding tert-OH is 3. The van der Waals surface area contributed by atoms with Crippen LogP contribution in [0.5, 0.6) is 0 Å². The summed E-state index contributed by atoms with van der Waals surface area (Å²) in [7, 11) is 0. The maximum Gasteiger partial charge on any atom is 0.336 e. The van der Waals surface area contributed by atoms with Gasteiger partial charge in [0.2, 0.25) is 0 Å². The molecule has 23 heavy (non-hydrogen) atoms. The fourth-order valence-corrected chi connectivity index (χ4v) is 2.26. The molecule has 5 atom stereocenters. The van der Waals surface area contributed by atoms with Gasteiger partial charge in [0, 0.05) is 17.8 Å². The van der Waals surface area contributed by atoms with Crippen LogP contribution >= 0.6 is 0 Å². The van der Waals surface area contributed by atoms with Crippen LogP contribution in [-0.4, -0.2) is 62.0 Å². The van der Waals surface area contributed by atoms with E-state index in [0.717, 1.165) is 18.2 Å². The van der Waals surface area contributed by atoms with Gasteiger partial charge in [-0.15, -0.1) is 0 Å². The van der Waals surface area contributed by atoms with Crippen molar-refractivity contribution in [1.82, 2.24) is 0 Å². The number of nitrogens with one attached hydrogen (secondary N) is 1. The van der Waals surface area contributed by atoms with Crippen molar-refractivity contribution in [2.75, 3.05) is 5.32 Å². The van der Waals surface area contributed by atoms with E-state index in [2.05, 4.69) is 5.32 Å². The van der Waals surface area contributed by atoms with Crippen molar-refractivity contribution >= 4 is 17.3 Å². The fraction of sp³-hybridized carbons (Fsp3) is 0.462. The molecule has 1 aliphatic rings. The minimum absolute atomic E-state index is 0.0245. The van der Waals surface area contributed by atoms with Crippen LogP contribution in [0, 0.1) is 10.1 Å². The van der Waals surface area contributed by atoms with Crippen LogP contribution in [0.1, 0.15) is 17.3 Å². The van der Waals surface area contributed by atoms with E-state index in [1.54, 1.807) is 0 Å². The third kappa shape index (κ3) is 3.56. The normalized spacial score (nSPS) is 30.7. The quantitative estimate of drug-likeness (QED) is 0.363. The Labute approximate surface area is 130 Å². The molecule has 10 nitrogen and oxygen atoms in total. The van der Waals surface area contributed by atoms with Crippen molar-refractivity contribution < 1.29 is 34.9 Å². The first-order valence-electron chi connectivity index (χ1n) is 6.69. The Morgan fingerprint density at radius 1 is 1.22 bits per heavy atom. The van der Waals surface area contributed by atoms with Crippen molar-refractivity contribution in [3.05, 3.63) is 33.9 Å². The van der Waals surface area contributed by atoms with Gasteiger partial charge in [0.1, 0.15) is 18.3 Å². The number of nitro groups is 1. The standard InChI is InChI=1S/C13H16N2O8/c1-5-9(16)10(17)11(18)12(23-5)14-7-2-6(13(19)20)3-8(4-7)15(21)22/h2-5,9-12,14,16-18H,1H3,(H,19,20)/t5-,9-,10-,11+,12+/m0/s1. The number of carbonyl (C=O) groups is 1. The lowest BCUT2D eigenvalue weighted by Gasteiger charge is -2.39. The van der Waals surface area contributed by atoms with Crippen LogP contribution in [0.4, 0.5) is 11.4 Å². The Morgan fingerprint density at radius 3 is 2.43 bits per heavy atom. The van der Waals surface area contributed by atoms with E-state index in [0.29, 0.717) is 0 Å². The van der Waals surface area contributed by atoms with E-state index in [4.69, 9.17) is 9.84 Å². The van der Waals surface area contributed by atoms with Crippen molar-refractivity contribution in [2.45, 2.75) is 37.6 Å². The molecular weight excluding hydrogens is 312 g/mol. The SMILES string of the molecule is C[C@@H]1O[C@@H](Nc2cc(C(=O)O)cc([N+](=O)[O-])c2)[C@H](O)[C@@H](O)[C@H]1O. The highest BCUT2D eigenvalue weighted by Gasteiger charge is 2.41. The van der Waals surface area contributed by atoms with Gasteiger partial charge in [-0.2, -0.15) is 0 Å². The molecule has 1 fully saturated rings. The average molecular weight is 328 g/mol. The topological polar surface area (TPSA) is 162 Å². The van der Waals surface area contributed by atoms with Crippen LogP contribution in [0.2, 0.25) is 0 Å². The number of ether oxygens (including phenoxy) is 1. The molecule has 0 spiro atoms. The number of non-ortho nitro benzene ring substituents is 1. The third-order valence-electron chi connectivity index (χ3n) is 3.54. The molecule has 0 amide bonds. The van der Waals surface area contributed by atoms with Gasteiger partial charge in [-0.25, -0.2) is 4.79 Å². The van der Waals surface area contributed by atoms with E-state index < -0.39 is 47.2 Å². The number of anilines is 1. The summed E-state index contributed by atoms with van der Waals surface area (Å²) >= 11 is 0. The predicted molar refractivity (Wildman–Crippen MR) is 76.0 cm³/mol. The lowest BCUT2D eigenvalue weighted by Crippen LogP contribution is -2.58. The summed E-state index contributed by atoms with van der Waals surface area (Å²) in [5, 5.41) is 51.7. The van der Waals surface area contributed by atoms with Gasteiger partial charge in [-0.05, 0) is 13.0 Å². The van der Waals surface area contributed by atoms with E-state index in [1.165, 1.54) is 6.92 Å². The van der Waals surface area contributed by atoms with Gasteiger partial charge in [-0.1, -0.05) is 0 Å². The summed E-state index contributed by atoms with van der Waals surface area (Å²) in [6, 6.07) is 3.10. The lowest BCUT2D eigenvalue weighted by molar-refractivity contribution is -0.384. The molecule has 0 aromatic heterocycles. The molecule has 0 radical (unpaired) electrons. The summed E-state index contributed by atoms with van der Waals surface area (Å²) in [5.74, 6) is -1.36. The predicted octanol–water partition coefficient (Wildman–Crippen LogP) is -0.468. The molecule has 0 bridgehead atoms. The molecule has 1 aromatic rings. The first-order valence-corrected chi connectivity index (χ1v) is 6.69. The Hall–Kier alpha value is -2.27. The van der Waals surface area contributed by atoms with Gasteiger partial charge in [-0.3, -0.25) is 10.1 Å². The van der Waals surface area contributed by atoms with Gasteiger partial charge in [0.15, 0.2) is 6.23 Å². The number of aromatic carboxylic acids is 1. The van der Waals surface area contributed by atoms with Crippen molar-refractivity contribution in [2.24, 2.45) is 0 Å². The van der Waals surface area contributed by atoms with E-state index in [-0.39, 0.29) is 11.3 Å². The van der Waals surface area contributed by atoms with E-state index in [9.17, 15) is 30.2 Å². The lowest BCUT2D eigenvalue weighted by atomic mass is 9.99. The number of hydrogen-bond acceptors (Lipinski definition) is 8. The number of rotatable bonds is 4. The fourth-order valence-electron chi connectivity index (χ4n) is 2.26. The maximum absolute atomic E-state index is 11.0. The number of nitro benzene ring substituents is 1. The second-order valence-corrected chi connectivity index (χ2v) is 5.21. The number of carboxylic acid groups (broad SMARTS) is 1.